The molecule has 1 fully saturated rings. The molecule has 0 aromatic rings. The Bertz CT molecular complexity index is 327. The van der Waals surface area contributed by atoms with Crippen molar-refractivity contribution in [2.24, 2.45) is 0 Å². The van der Waals surface area contributed by atoms with Crippen LogP contribution in [0.4, 0.5) is 0 Å². The van der Waals surface area contributed by atoms with Crippen molar-refractivity contribution in [3.63, 3.8) is 0 Å². The van der Waals surface area contributed by atoms with Crippen LogP contribution in [0, 0.1) is 0 Å². The summed E-state index contributed by atoms with van der Waals surface area (Å²) in [5, 5.41) is 36.6. The Morgan fingerprint density at radius 2 is 1.69 bits per heavy atom. The fourth-order valence-electron chi connectivity index (χ4n) is 1.22. The zero-order valence-electron chi connectivity index (χ0n) is 7.83. The van der Waals surface area contributed by atoms with Gasteiger partial charge >= 0.3 is 0 Å². The molecular formula is C6H11O9S-. The lowest BCUT2D eigenvalue weighted by Gasteiger charge is -2.38. The fraction of sp³-hybridized carbons (Fsp3) is 1.00. The van der Waals surface area contributed by atoms with Gasteiger partial charge < -0.3 is 29.7 Å². The molecule has 1 rings (SSSR count). The molecule has 1 aliphatic heterocycles. The Balaban J connectivity index is 2.61. The molecule has 9 nitrogen and oxygen atoms in total. The number of aliphatic hydroxyl groups is 4. The van der Waals surface area contributed by atoms with Crippen LogP contribution in [0.1, 0.15) is 0 Å². The van der Waals surface area contributed by atoms with Gasteiger partial charge in [-0.2, -0.15) is 0 Å². The van der Waals surface area contributed by atoms with Gasteiger partial charge in [-0.05, 0) is 0 Å². The van der Waals surface area contributed by atoms with Crippen LogP contribution < -0.4 is 0 Å². The van der Waals surface area contributed by atoms with Crippen molar-refractivity contribution in [1.29, 1.82) is 0 Å². The third-order valence-corrected chi connectivity index (χ3v) is 2.49. The predicted octanol–water partition coefficient (Wildman–Crippen LogP) is -3.74. The highest BCUT2D eigenvalue weighted by Crippen LogP contribution is 2.20. The number of aliphatic hydroxyl groups excluding tert-OH is 4. The molecule has 10 heteroatoms. The lowest BCUT2D eigenvalue weighted by atomic mass is 10.00. The molecule has 0 radical (unpaired) electrons. The second kappa shape index (κ2) is 4.89. The van der Waals surface area contributed by atoms with E-state index in [1.165, 1.54) is 0 Å². The fourth-order valence-corrected chi connectivity index (χ4v) is 1.52. The molecule has 96 valence electrons. The molecule has 0 spiro atoms. The van der Waals surface area contributed by atoms with Gasteiger partial charge in [0.2, 0.25) is 10.4 Å². The zero-order valence-corrected chi connectivity index (χ0v) is 8.65. The largest absolute Gasteiger partial charge is 0.726 e. The molecule has 0 aromatic heterocycles. The van der Waals surface area contributed by atoms with E-state index in [0.29, 0.717) is 0 Å². The van der Waals surface area contributed by atoms with Crippen molar-refractivity contribution in [2.75, 3.05) is 6.61 Å². The first-order valence-electron chi connectivity index (χ1n) is 4.20. The van der Waals surface area contributed by atoms with E-state index < -0.39 is 47.7 Å². The summed E-state index contributed by atoms with van der Waals surface area (Å²) in [5.41, 5.74) is 0. The van der Waals surface area contributed by atoms with Gasteiger partial charge in [0.15, 0.2) is 6.29 Å². The number of hydrogen-bond donors (Lipinski definition) is 4. The van der Waals surface area contributed by atoms with E-state index in [-0.39, 0.29) is 0 Å². The van der Waals surface area contributed by atoms with Gasteiger partial charge in [0.05, 0.1) is 6.61 Å². The quantitative estimate of drug-likeness (QED) is 0.295. The SMILES string of the molecule is O=S(=O)([O-])OC[C@H]1O[C@@H](O)[C@H](O)[C@@H](O)[C@@H]1O. The molecular weight excluding hydrogens is 248 g/mol. The first-order chi connectivity index (χ1) is 7.22. The Labute approximate surface area is 90.8 Å². The molecule has 0 aliphatic carbocycles. The van der Waals surface area contributed by atoms with Crippen LogP contribution in [0.25, 0.3) is 0 Å². The van der Waals surface area contributed by atoms with Gasteiger partial charge in [-0.3, -0.25) is 4.18 Å². The van der Waals surface area contributed by atoms with Crippen LogP contribution >= 0.6 is 0 Å². The molecule has 0 aromatic carbocycles. The van der Waals surface area contributed by atoms with Crippen molar-refractivity contribution in [1.82, 2.24) is 0 Å². The summed E-state index contributed by atoms with van der Waals surface area (Å²) in [7, 11) is -4.96. The van der Waals surface area contributed by atoms with Crippen LogP contribution in [0.2, 0.25) is 0 Å². The van der Waals surface area contributed by atoms with Gasteiger partial charge in [-0.15, -0.1) is 0 Å². The highest BCUT2D eigenvalue weighted by atomic mass is 32.3. The molecule has 0 unspecified atom stereocenters. The van der Waals surface area contributed by atoms with E-state index in [0.717, 1.165) is 0 Å². The lowest BCUT2D eigenvalue weighted by molar-refractivity contribution is -0.285. The Morgan fingerprint density at radius 1 is 1.12 bits per heavy atom. The molecule has 0 saturated carbocycles. The monoisotopic (exact) mass is 259 g/mol. The van der Waals surface area contributed by atoms with Crippen LogP contribution in [0.5, 0.6) is 0 Å². The standard InChI is InChI=1S/C6H12O9S/c7-3-2(1-14-16(11,12)13)15-6(10)5(9)4(3)8/h2-10H,1H2,(H,11,12,13)/p-1/t2-,3-,4+,5-,6-/m1/s1. The van der Waals surface area contributed by atoms with Crippen molar-refractivity contribution < 1.29 is 42.3 Å². The maximum absolute atomic E-state index is 10.1. The van der Waals surface area contributed by atoms with Crippen LogP contribution in [0.3, 0.4) is 0 Å². The zero-order chi connectivity index (χ0) is 12.5. The molecule has 5 atom stereocenters. The average Bonchev–Trinajstić information content (AvgIpc) is 2.17. The van der Waals surface area contributed by atoms with E-state index in [9.17, 15) is 23.2 Å². The number of hydrogen-bond acceptors (Lipinski definition) is 9. The van der Waals surface area contributed by atoms with Gasteiger partial charge in [-0.25, -0.2) is 8.42 Å². The minimum absolute atomic E-state index is 0.867. The second-order valence-electron chi connectivity index (χ2n) is 3.23. The van der Waals surface area contributed by atoms with E-state index in [4.69, 9.17) is 10.2 Å². The molecule has 1 aliphatic rings. The molecule has 0 bridgehead atoms. The van der Waals surface area contributed by atoms with Crippen molar-refractivity contribution in [3.8, 4) is 0 Å². The third-order valence-electron chi connectivity index (χ3n) is 2.06. The number of ether oxygens (including phenoxy) is 1. The van der Waals surface area contributed by atoms with Crippen LogP contribution in [-0.4, -0.2) is 70.7 Å². The minimum Gasteiger partial charge on any atom is -0.726 e. The highest BCUT2D eigenvalue weighted by Gasteiger charge is 2.43. The Morgan fingerprint density at radius 3 is 2.19 bits per heavy atom. The lowest BCUT2D eigenvalue weighted by Crippen LogP contribution is -2.58. The highest BCUT2D eigenvalue weighted by molar-refractivity contribution is 7.80. The van der Waals surface area contributed by atoms with Crippen LogP contribution in [-0.2, 0) is 19.3 Å². The Kier molecular flexibility index (Phi) is 4.20. The Hall–Kier alpha value is -0.330. The van der Waals surface area contributed by atoms with Crippen LogP contribution in [0.15, 0.2) is 0 Å². The summed E-state index contributed by atoms with van der Waals surface area (Å²) in [5.74, 6) is 0. The molecule has 1 saturated heterocycles. The smallest absolute Gasteiger partial charge is 0.217 e. The van der Waals surface area contributed by atoms with E-state index in [1.807, 2.05) is 0 Å². The summed E-state index contributed by atoms with van der Waals surface area (Å²) in [6, 6.07) is 0. The normalized spacial score (nSPS) is 40.9. The maximum Gasteiger partial charge on any atom is 0.217 e. The van der Waals surface area contributed by atoms with Gasteiger partial charge in [0.1, 0.15) is 24.4 Å². The van der Waals surface area contributed by atoms with Gasteiger partial charge in [0.25, 0.3) is 0 Å². The van der Waals surface area contributed by atoms with Gasteiger partial charge in [-0.1, -0.05) is 0 Å². The summed E-state index contributed by atoms with van der Waals surface area (Å²) >= 11 is 0. The molecule has 1 heterocycles. The molecule has 4 N–H and O–H groups in total. The summed E-state index contributed by atoms with van der Waals surface area (Å²) in [4.78, 5) is 0. The third kappa shape index (κ3) is 3.33. The minimum atomic E-state index is -4.96. The number of rotatable bonds is 3. The summed E-state index contributed by atoms with van der Waals surface area (Å²) < 4.78 is 38.7. The van der Waals surface area contributed by atoms with Gasteiger partial charge in [0, 0.05) is 0 Å². The van der Waals surface area contributed by atoms with E-state index >= 15 is 0 Å². The topological polar surface area (TPSA) is 157 Å². The second-order valence-corrected chi connectivity index (χ2v) is 4.28. The summed E-state index contributed by atoms with van der Waals surface area (Å²) in [6.07, 6.45) is -8.37. The molecule has 0 amide bonds. The summed E-state index contributed by atoms with van der Waals surface area (Å²) in [6.45, 7) is -0.867. The van der Waals surface area contributed by atoms with Crippen molar-refractivity contribution in [3.05, 3.63) is 0 Å². The average molecular weight is 259 g/mol. The van der Waals surface area contributed by atoms with E-state index in [1.54, 1.807) is 0 Å². The predicted molar refractivity (Wildman–Crippen MR) is 44.5 cm³/mol. The van der Waals surface area contributed by atoms with Crippen molar-refractivity contribution >= 4 is 10.4 Å². The molecule has 16 heavy (non-hydrogen) atoms. The maximum atomic E-state index is 10.1. The first kappa shape index (κ1) is 13.7. The van der Waals surface area contributed by atoms with Crippen molar-refractivity contribution in [2.45, 2.75) is 30.7 Å². The van der Waals surface area contributed by atoms with E-state index in [2.05, 4.69) is 8.92 Å². The first-order valence-corrected chi connectivity index (χ1v) is 5.53.